The fraction of sp³-hybridized carbons (Fsp3) is 0.200. The molecule has 0 aromatic rings. The first-order chi connectivity index (χ1) is 4.13. The zero-order valence-electron chi connectivity index (χ0n) is 5.05. The van der Waals surface area contributed by atoms with Crippen LogP contribution in [-0.4, -0.2) is 11.0 Å². The number of hydrogen-bond acceptors (Lipinski definition) is 3. The number of carbonyl (C=O) groups is 1. The smallest absolute Gasteiger partial charge is 0.155 e. The van der Waals surface area contributed by atoms with E-state index >= 15 is 0 Å². The first kappa shape index (κ1) is 8.23. The largest absolute Gasteiger partial charge is 0.378 e. The molecule has 50 valence electrons. The maximum Gasteiger partial charge on any atom is 0.155 e. The summed E-state index contributed by atoms with van der Waals surface area (Å²) in [5.41, 5.74) is 4.96. The molecular formula is C5H8N2OS. The van der Waals surface area contributed by atoms with Crippen molar-refractivity contribution in [3.63, 3.8) is 0 Å². The summed E-state index contributed by atoms with van der Waals surface area (Å²) in [6.07, 6.45) is 1.37. The van der Waals surface area contributed by atoms with Gasteiger partial charge in [-0.15, -0.1) is 0 Å². The summed E-state index contributed by atoms with van der Waals surface area (Å²) >= 11 is 1.02. The molecule has 0 aromatic heterocycles. The van der Waals surface area contributed by atoms with Gasteiger partial charge in [-0.2, -0.15) is 0 Å². The third-order valence-corrected chi connectivity index (χ3v) is 1.02. The van der Waals surface area contributed by atoms with Gasteiger partial charge in [-0.3, -0.25) is 10.2 Å². The van der Waals surface area contributed by atoms with E-state index in [1.807, 2.05) is 0 Å². The zero-order valence-corrected chi connectivity index (χ0v) is 5.87. The standard InChI is InChI=1S/C5H8N2OS/c1-4(8)2-3-9-5(6)7/h2-3H,1H3,(H3,6,7)/b3-2+. The van der Waals surface area contributed by atoms with Gasteiger partial charge in [0.25, 0.3) is 0 Å². The minimum atomic E-state index is -0.0382. The number of nitrogens with two attached hydrogens (primary N) is 1. The van der Waals surface area contributed by atoms with Crippen molar-refractivity contribution in [3.8, 4) is 0 Å². The Bertz CT molecular complexity index is 153. The molecule has 0 radical (unpaired) electrons. The lowest BCUT2D eigenvalue weighted by molar-refractivity contribution is -0.112. The summed E-state index contributed by atoms with van der Waals surface area (Å²) in [6.45, 7) is 1.44. The monoisotopic (exact) mass is 144 g/mol. The van der Waals surface area contributed by atoms with Gasteiger partial charge in [0.1, 0.15) is 0 Å². The van der Waals surface area contributed by atoms with Gasteiger partial charge in [0.2, 0.25) is 0 Å². The van der Waals surface area contributed by atoms with Crippen LogP contribution >= 0.6 is 11.8 Å². The molecule has 0 aliphatic carbocycles. The van der Waals surface area contributed by atoms with Gasteiger partial charge in [0, 0.05) is 0 Å². The van der Waals surface area contributed by atoms with Crippen LogP contribution in [0.25, 0.3) is 0 Å². The van der Waals surface area contributed by atoms with Crippen LogP contribution in [0.5, 0.6) is 0 Å². The van der Waals surface area contributed by atoms with Crippen LogP contribution < -0.4 is 5.73 Å². The summed E-state index contributed by atoms with van der Waals surface area (Å²) in [6, 6.07) is 0. The van der Waals surface area contributed by atoms with E-state index in [-0.39, 0.29) is 11.0 Å². The number of amidine groups is 1. The lowest BCUT2D eigenvalue weighted by Gasteiger charge is -1.84. The summed E-state index contributed by atoms with van der Waals surface area (Å²) in [5, 5.41) is 8.20. The molecule has 0 rings (SSSR count). The minimum absolute atomic E-state index is 0.00694. The Hall–Kier alpha value is -0.770. The molecule has 3 N–H and O–H groups in total. The van der Waals surface area contributed by atoms with Crippen molar-refractivity contribution in [2.45, 2.75) is 6.92 Å². The fourth-order valence-corrected chi connectivity index (χ4v) is 0.609. The SMILES string of the molecule is CC(=O)/C=C/SC(=N)N. The second-order valence-electron chi connectivity index (χ2n) is 1.40. The third kappa shape index (κ3) is 7.23. The van der Waals surface area contributed by atoms with Crippen molar-refractivity contribution in [1.82, 2.24) is 0 Å². The molecule has 0 bridgehead atoms. The van der Waals surface area contributed by atoms with E-state index in [0.717, 1.165) is 11.8 Å². The molecule has 0 amide bonds. The van der Waals surface area contributed by atoms with Crippen LogP contribution in [0.4, 0.5) is 0 Å². The molecular weight excluding hydrogens is 136 g/mol. The number of carbonyl (C=O) groups excluding carboxylic acids is 1. The second kappa shape index (κ2) is 4.14. The molecule has 9 heavy (non-hydrogen) atoms. The number of allylic oxidation sites excluding steroid dienone is 1. The summed E-state index contributed by atoms with van der Waals surface area (Å²) in [4.78, 5) is 10.2. The average Bonchev–Trinajstić information content (AvgIpc) is 1.63. The molecule has 0 atom stereocenters. The van der Waals surface area contributed by atoms with Crippen molar-refractivity contribution in [1.29, 1.82) is 5.41 Å². The highest BCUT2D eigenvalue weighted by Crippen LogP contribution is 1.98. The molecule has 0 heterocycles. The minimum Gasteiger partial charge on any atom is -0.378 e. The van der Waals surface area contributed by atoms with Gasteiger partial charge in [-0.25, -0.2) is 0 Å². The van der Waals surface area contributed by atoms with Gasteiger partial charge in [-0.05, 0) is 18.4 Å². The second-order valence-corrected chi connectivity index (χ2v) is 2.34. The van der Waals surface area contributed by atoms with Gasteiger partial charge in [0.15, 0.2) is 11.0 Å². The molecule has 4 heteroatoms. The lowest BCUT2D eigenvalue weighted by Crippen LogP contribution is -2.01. The maximum absolute atomic E-state index is 10.2. The van der Waals surface area contributed by atoms with E-state index < -0.39 is 0 Å². The zero-order chi connectivity index (χ0) is 7.28. The van der Waals surface area contributed by atoms with Crippen molar-refractivity contribution in [3.05, 3.63) is 11.5 Å². The lowest BCUT2D eigenvalue weighted by atomic mass is 10.5. The van der Waals surface area contributed by atoms with Crippen molar-refractivity contribution >= 4 is 22.7 Å². The summed E-state index contributed by atoms with van der Waals surface area (Å²) in [5.74, 6) is -0.0382. The molecule has 0 saturated carbocycles. The summed E-state index contributed by atoms with van der Waals surface area (Å²) < 4.78 is 0. The van der Waals surface area contributed by atoms with E-state index in [4.69, 9.17) is 11.1 Å². The number of ketones is 1. The highest BCUT2D eigenvalue weighted by molar-refractivity contribution is 8.16. The van der Waals surface area contributed by atoms with Gasteiger partial charge >= 0.3 is 0 Å². The Kier molecular flexibility index (Phi) is 3.79. The van der Waals surface area contributed by atoms with Gasteiger partial charge in [0.05, 0.1) is 0 Å². The molecule has 0 saturated heterocycles. The van der Waals surface area contributed by atoms with Crippen LogP contribution in [0.1, 0.15) is 6.92 Å². The Morgan fingerprint density at radius 2 is 2.33 bits per heavy atom. The molecule has 0 fully saturated rings. The Balaban J connectivity index is 3.48. The highest BCUT2D eigenvalue weighted by atomic mass is 32.2. The number of hydrogen-bond donors (Lipinski definition) is 2. The van der Waals surface area contributed by atoms with Crippen LogP contribution in [0.2, 0.25) is 0 Å². The third-order valence-electron chi connectivity index (χ3n) is 0.498. The number of nitrogens with one attached hydrogen (secondary N) is 1. The Morgan fingerprint density at radius 3 is 2.67 bits per heavy atom. The van der Waals surface area contributed by atoms with E-state index in [0.29, 0.717) is 0 Å². The van der Waals surface area contributed by atoms with Crippen LogP contribution in [-0.2, 0) is 4.79 Å². The van der Waals surface area contributed by atoms with Crippen molar-refractivity contribution < 1.29 is 4.79 Å². The molecule has 0 unspecified atom stereocenters. The van der Waals surface area contributed by atoms with E-state index in [9.17, 15) is 4.79 Å². The van der Waals surface area contributed by atoms with E-state index in [1.165, 1.54) is 18.4 Å². The van der Waals surface area contributed by atoms with Crippen molar-refractivity contribution in [2.24, 2.45) is 5.73 Å². The average molecular weight is 144 g/mol. The van der Waals surface area contributed by atoms with Crippen molar-refractivity contribution in [2.75, 3.05) is 0 Å². The Labute approximate surface area is 57.8 Å². The molecule has 3 nitrogen and oxygen atoms in total. The first-order valence-electron chi connectivity index (χ1n) is 2.30. The quantitative estimate of drug-likeness (QED) is 0.341. The topological polar surface area (TPSA) is 66.9 Å². The maximum atomic E-state index is 10.2. The molecule has 0 spiro atoms. The van der Waals surface area contributed by atoms with Gasteiger partial charge < -0.3 is 5.73 Å². The predicted molar refractivity (Wildman–Crippen MR) is 39.3 cm³/mol. The molecule has 0 aliphatic heterocycles. The fourth-order valence-electron chi connectivity index (χ4n) is 0.203. The summed E-state index contributed by atoms with van der Waals surface area (Å²) in [7, 11) is 0. The molecule has 0 aromatic carbocycles. The predicted octanol–water partition coefficient (Wildman–Crippen LogP) is 0.716. The number of thioether (sulfide) groups is 1. The van der Waals surface area contributed by atoms with Crippen LogP contribution in [0.15, 0.2) is 11.5 Å². The highest BCUT2D eigenvalue weighted by Gasteiger charge is 1.83. The van der Waals surface area contributed by atoms with E-state index in [1.54, 1.807) is 0 Å². The first-order valence-corrected chi connectivity index (χ1v) is 3.18. The number of rotatable bonds is 2. The Morgan fingerprint density at radius 1 is 1.78 bits per heavy atom. The van der Waals surface area contributed by atoms with Gasteiger partial charge in [-0.1, -0.05) is 11.8 Å². The van der Waals surface area contributed by atoms with E-state index in [2.05, 4.69) is 0 Å². The van der Waals surface area contributed by atoms with Crippen LogP contribution in [0, 0.1) is 5.41 Å². The van der Waals surface area contributed by atoms with Crippen LogP contribution in [0.3, 0.4) is 0 Å². The normalized spacial score (nSPS) is 9.89. The molecule has 0 aliphatic rings.